The summed E-state index contributed by atoms with van der Waals surface area (Å²) in [7, 11) is 0. The monoisotopic (exact) mass is 778 g/mol. The van der Waals surface area contributed by atoms with Crippen molar-refractivity contribution in [2.75, 3.05) is 38.5 Å². The maximum atomic E-state index is 13.2. The predicted octanol–water partition coefficient (Wildman–Crippen LogP) is 1.95. The topological polar surface area (TPSA) is 217 Å². The lowest BCUT2D eigenvalue weighted by molar-refractivity contribution is -0.140. The Morgan fingerprint density at radius 1 is 0.852 bits per heavy atom. The van der Waals surface area contributed by atoms with Crippen LogP contribution in [0.25, 0.3) is 0 Å². The second kappa shape index (κ2) is 22.8. The SMILES string of the molecule is CC1=CC(=O)N(CCC(=O)NCCCC[C@H](CC(=O)CCN2C(=O)CC(C)C2=O)C(=O)NCCCCCCNC(=O)[C@H](CS)NC(=O)OC(C)(C)C)C1=O. The van der Waals surface area contributed by atoms with Gasteiger partial charge in [0.05, 0.1) is 0 Å². The van der Waals surface area contributed by atoms with E-state index in [4.69, 9.17) is 4.74 Å². The summed E-state index contributed by atoms with van der Waals surface area (Å²) in [6.45, 7) is 9.46. The van der Waals surface area contributed by atoms with Crippen molar-refractivity contribution in [3.05, 3.63) is 11.6 Å². The number of hydrogen-bond acceptors (Lipinski definition) is 11. The van der Waals surface area contributed by atoms with Crippen LogP contribution in [0.4, 0.5) is 4.79 Å². The molecular formula is C37H58N6O10S. The number of thiol groups is 1. The number of Topliss-reactive ketones (excluding diaryl/α,β-unsaturated/α-hetero) is 1. The average Bonchev–Trinajstić information content (AvgIpc) is 3.49. The largest absolute Gasteiger partial charge is 0.444 e. The highest BCUT2D eigenvalue weighted by molar-refractivity contribution is 7.80. The molecule has 1 unspecified atom stereocenters. The normalized spacial score (nSPS) is 16.9. The smallest absolute Gasteiger partial charge is 0.408 e. The maximum absolute atomic E-state index is 13.2. The van der Waals surface area contributed by atoms with Gasteiger partial charge in [0.2, 0.25) is 29.5 Å². The Morgan fingerprint density at radius 2 is 1.44 bits per heavy atom. The van der Waals surface area contributed by atoms with E-state index in [1.54, 1.807) is 34.6 Å². The predicted molar refractivity (Wildman–Crippen MR) is 202 cm³/mol. The molecule has 2 rings (SSSR count). The molecule has 8 amide bonds. The van der Waals surface area contributed by atoms with Gasteiger partial charge in [-0.3, -0.25) is 48.2 Å². The number of unbranched alkanes of at least 4 members (excludes halogenated alkanes) is 4. The molecule has 1 fully saturated rings. The molecule has 302 valence electrons. The summed E-state index contributed by atoms with van der Waals surface area (Å²) < 4.78 is 5.19. The van der Waals surface area contributed by atoms with Gasteiger partial charge in [-0.25, -0.2) is 4.79 Å². The van der Waals surface area contributed by atoms with Crippen molar-refractivity contribution in [3.8, 4) is 0 Å². The van der Waals surface area contributed by atoms with E-state index in [1.165, 1.54) is 6.08 Å². The van der Waals surface area contributed by atoms with Gasteiger partial charge in [-0.15, -0.1) is 0 Å². The van der Waals surface area contributed by atoms with Crippen molar-refractivity contribution >= 4 is 65.9 Å². The molecule has 0 aromatic heterocycles. The van der Waals surface area contributed by atoms with E-state index >= 15 is 0 Å². The lowest BCUT2D eigenvalue weighted by atomic mass is 9.94. The number of ether oxygens (including phenoxy) is 1. The van der Waals surface area contributed by atoms with Crippen LogP contribution >= 0.6 is 12.6 Å². The molecule has 0 radical (unpaired) electrons. The molecule has 0 aliphatic carbocycles. The molecule has 16 nitrogen and oxygen atoms in total. The molecule has 3 atom stereocenters. The third-order valence-electron chi connectivity index (χ3n) is 8.87. The zero-order valence-corrected chi connectivity index (χ0v) is 33.1. The summed E-state index contributed by atoms with van der Waals surface area (Å²) in [6.07, 6.45) is 4.91. The van der Waals surface area contributed by atoms with Crippen molar-refractivity contribution in [3.63, 3.8) is 0 Å². The number of carbonyl (C=O) groups is 9. The van der Waals surface area contributed by atoms with Crippen molar-refractivity contribution in [1.82, 2.24) is 31.1 Å². The van der Waals surface area contributed by atoms with E-state index < -0.39 is 41.4 Å². The minimum Gasteiger partial charge on any atom is -0.444 e. The van der Waals surface area contributed by atoms with E-state index in [0.717, 1.165) is 22.6 Å². The number of nitrogens with zero attached hydrogens (tertiary/aromatic N) is 2. The first-order chi connectivity index (χ1) is 25.4. The molecule has 0 bridgehead atoms. The Balaban J connectivity index is 1.75. The number of likely N-dealkylation sites (tertiary alicyclic amines) is 1. The molecule has 17 heteroatoms. The van der Waals surface area contributed by atoms with Gasteiger partial charge in [-0.05, 0) is 53.4 Å². The Kier molecular flexibility index (Phi) is 19.4. The molecule has 4 N–H and O–H groups in total. The van der Waals surface area contributed by atoms with Crippen LogP contribution in [0.3, 0.4) is 0 Å². The lowest BCUT2D eigenvalue weighted by Gasteiger charge is -2.22. The number of amides is 8. The second-order valence-electron chi connectivity index (χ2n) is 14.8. The molecule has 0 saturated carbocycles. The summed E-state index contributed by atoms with van der Waals surface area (Å²) in [5, 5.41) is 11.0. The van der Waals surface area contributed by atoms with Crippen LogP contribution in [0.2, 0.25) is 0 Å². The number of imide groups is 2. The first-order valence-corrected chi connectivity index (χ1v) is 19.4. The van der Waals surface area contributed by atoms with Crippen LogP contribution in [0.1, 0.15) is 105 Å². The number of carbonyl (C=O) groups excluding carboxylic acids is 9. The Bertz CT molecular complexity index is 1430. The average molecular weight is 779 g/mol. The van der Waals surface area contributed by atoms with E-state index in [0.29, 0.717) is 57.3 Å². The summed E-state index contributed by atoms with van der Waals surface area (Å²) in [4.78, 5) is 113. The fraction of sp³-hybridized carbons (Fsp3) is 0.703. The lowest BCUT2D eigenvalue weighted by Crippen LogP contribution is -2.49. The van der Waals surface area contributed by atoms with Gasteiger partial charge in [0.1, 0.15) is 17.4 Å². The van der Waals surface area contributed by atoms with Gasteiger partial charge < -0.3 is 26.0 Å². The van der Waals surface area contributed by atoms with Crippen molar-refractivity contribution < 1.29 is 47.9 Å². The van der Waals surface area contributed by atoms with Gasteiger partial charge in [0.25, 0.3) is 11.8 Å². The Labute approximate surface area is 323 Å². The molecule has 2 aliphatic heterocycles. The molecule has 2 heterocycles. The van der Waals surface area contributed by atoms with Gasteiger partial charge in [0.15, 0.2) is 0 Å². The summed E-state index contributed by atoms with van der Waals surface area (Å²) in [5.41, 5.74) is -0.363. The van der Waals surface area contributed by atoms with Crippen molar-refractivity contribution in [2.24, 2.45) is 11.8 Å². The number of rotatable bonds is 24. The van der Waals surface area contributed by atoms with E-state index in [-0.39, 0.29) is 79.8 Å². The summed E-state index contributed by atoms with van der Waals surface area (Å²) in [5.74, 6) is -3.57. The van der Waals surface area contributed by atoms with Crippen LogP contribution < -0.4 is 21.3 Å². The highest BCUT2D eigenvalue weighted by Gasteiger charge is 2.35. The zero-order chi connectivity index (χ0) is 40.4. The van der Waals surface area contributed by atoms with E-state index in [9.17, 15) is 43.2 Å². The maximum Gasteiger partial charge on any atom is 0.408 e. The van der Waals surface area contributed by atoms with Gasteiger partial charge in [0, 0.05) is 87.6 Å². The fourth-order valence-electron chi connectivity index (χ4n) is 5.86. The zero-order valence-electron chi connectivity index (χ0n) is 32.3. The molecule has 0 spiro atoms. The minimum absolute atomic E-state index is 0.0124. The van der Waals surface area contributed by atoms with Gasteiger partial charge in [-0.2, -0.15) is 12.6 Å². The molecule has 0 aromatic carbocycles. The molecular weight excluding hydrogens is 721 g/mol. The summed E-state index contributed by atoms with van der Waals surface area (Å²) >= 11 is 4.15. The van der Waals surface area contributed by atoms with E-state index in [1.807, 2.05) is 0 Å². The van der Waals surface area contributed by atoms with Crippen LogP contribution in [0.15, 0.2) is 11.6 Å². The molecule has 2 aliphatic rings. The number of alkyl carbamates (subject to hydrolysis) is 1. The van der Waals surface area contributed by atoms with E-state index in [2.05, 4.69) is 33.9 Å². The molecule has 54 heavy (non-hydrogen) atoms. The number of hydrogen-bond donors (Lipinski definition) is 5. The highest BCUT2D eigenvalue weighted by atomic mass is 32.1. The van der Waals surface area contributed by atoms with Crippen molar-refractivity contribution in [2.45, 2.75) is 117 Å². The first kappa shape index (κ1) is 45.9. The standard InChI is InChI=1S/C37H58N6O10S/c1-24-20-30(46)42(34(24)50)18-13-27(44)22-26(12-8-11-15-38-29(45)14-19-43-31(47)21-25(2)35(43)51)32(48)39-16-9-6-7-10-17-40-33(49)28(23-54)41-36(52)53-37(3,4)5/h21,24,26,28,54H,6-20,22-23H2,1-5H3,(H,38,45)(H,39,48)(H,40,49)(H,41,52)/t24?,26-,28+/m1/s1. The third-order valence-corrected chi connectivity index (χ3v) is 9.24. The third kappa shape index (κ3) is 16.4. The second-order valence-corrected chi connectivity index (χ2v) is 15.1. The van der Waals surface area contributed by atoms with Gasteiger partial charge >= 0.3 is 6.09 Å². The highest BCUT2D eigenvalue weighted by Crippen LogP contribution is 2.20. The molecule has 0 aromatic rings. The number of nitrogens with one attached hydrogen (secondary N) is 4. The number of ketones is 1. The Hall–Kier alpha value is -4.28. The van der Waals surface area contributed by atoms with Crippen LogP contribution in [0.5, 0.6) is 0 Å². The quantitative estimate of drug-likeness (QED) is 0.0545. The first-order valence-electron chi connectivity index (χ1n) is 18.8. The molecule has 1 saturated heterocycles. The van der Waals surface area contributed by atoms with Crippen LogP contribution in [-0.4, -0.2) is 113 Å². The summed E-state index contributed by atoms with van der Waals surface area (Å²) in [6, 6.07) is -0.834. The van der Waals surface area contributed by atoms with Crippen molar-refractivity contribution in [1.29, 1.82) is 0 Å². The Morgan fingerprint density at radius 3 is 2.00 bits per heavy atom. The van der Waals surface area contributed by atoms with Gasteiger partial charge in [-0.1, -0.05) is 26.2 Å². The fourth-order valence-corrected chi connectivity index (χ4v) is 6.11. The van der Waals surface area contributed by atoms with Crippen LogP contribution in [-0.2, 0) is 43.1 Å². The van der Waals surface area contributed by atoms with Crippen LogP contribution in [0, 0.1) is 11.8 Å². The minimum atomic E-state index is -0.834.